The summed E-state index contributed by atoms with van der Waals surface area (Å²) in [4.78, 5) is 10.9. The minimum Gasteiger partial charge on any atom is -0.468 e. The first-order valence-electron chi connectivity index (χ1n) is 4.64. The fraction of sp³-hybridized carbons (Fsp3) is 0.900. The number of rotatable bonds is 3. The molecule has 1 fully saturated rings. The Kier molecular flexibility index (Phi) is 2.41. The van der Waals surface area contributed by atoms with Crippen LogP contribution >= 0.6 is 0 Å². The number of ether oxygens (including phenoxy) is 1. The Bertz CT molecular complexity index is 207. The van der Waals surface area contributed by atoms with E-state index in [1.165, 1.54) is 7.11 Å². The van der Waals surface area contributed by atoms with Crippen molar-refractivity contribution in [2.75, 3.05) is 13.7 Å². The van der Waals surface area contributed by atoms with E-state index in [-0.39, 0.29) is 16.8 Å². The van der Waals surface area contributed by atoms with Gasteiger partial charge in [-0.05, 0) is 10.8 Å². The number of carbonyl (C=O) groups excluding carboxylic acids is 1. The van der Waals surface area contributed by atoms with E-state index < -0.39 is 0 Å². The van der Waals surface area contributed by atoms with Crippen LogP contribution < -0.4 is 5.32 Å². The minimum atomic E-state index is -0.196. The predicted molar refractivity (Wildman–Crippen MR) is 51.4 cm³/mol. The van der Waals surface area contributed by atoms with Crippen molar-refractivity contribution in [1.29, 1.82) is 0 Å². The van der Waals surface area contributed by atoms with Crippen molar-refractivity contribution in [1.82, 2.24) is 5.32 Å². The lowest BCUT2D eigenvalue weighted by atomic mass is 10.0. The highest BCUT2D eigenvalue weighted by Gasteiger charge is 2.64. The molecule has 0 atom stereocenters. The second kappa shape index (κ2) is 2.98. The van der Waals surface area contributed by atoms with E-state index in [1.807, 2.05) is 0 Å². The Hall–Kier alpha value is -0.570. The van der Waals surface area contributed by atoms with E-state index in [1.54, 1.807) is 0 Å². The van der Waals surface area contributed by atoms with Gasteiger partial charge in [-0.15, -0.1) is 0 Å². The van der Waals surface area contributed by atoms with Gasteiger partial charge in [0.25, 0.3) is 0 Å². The maximum Gasteiger partial charge on any atom is 0.319 e. The molecule has 1 aliphatic rings. The summed E-state index contributed by atoms with van der Waals surface area (Å²) < 4.78 is 4.56. The molecule has 0 bridgehead atoms. The molecule has 3 heteroatoms. The molecule has 0 aromatic carbocycles. The first kappa shape index (κ1) is 10.5. The van der Waals surface area contributed by atoms with Gasteiger partial charge in [0.15, 0.2) is 0 Å². The molecule has 76 valence electrons. The molecule has 0 aliphatic heterocycles. The predicted octanol–water partition coefficient (Wildman–Crippen LogP) is 1.18. The van der Waals surface area contributed by atoms with Crippen LogP contribution in [-0.4, -0.2) is 25.7 Å². The molecular weight excluding hydrogens is 166 g/mol. The molecule has 1 aliphatic carbocycles. The molecule has 0 unspecified atom stereocenters. The van der Waals surface area contributed by atoms with Gasteiger partial charge in [0.1, 0.15) is 0 Å². The van der Waals surface area contributed by atoms with Crippen LogP contribution in [0.4, 0.5) is 0 Å². The van der Waals surface area contributed by atoms with Gasteiger partial charge < -0.3 is 10.1 Å². The van der Waals surface area contributed by atoms with Gasteiger partial charge >= 0.3 is 5.97 Å². The van der Waals surface area contributed by atoms with Crippen molar-refractivity contribution in [3.05, 3.63) is 0 Å². The maximum atomic E-state index is 10.9. The van der Waals surface area contributed by atoms with Crippen LogP contribution in [0.3, 0.4) is 0 Å². The van der Waals surface area contributed by atoms with Crippen LogP contribution in [0.15, 0.2) is 0 Å². The van der Waals surface area contributed by atoms with Crippen LogP contribution in [0.25, 0.3) is 0 Å². The van der Waals surface area contributed by atoms with Gasteiger partial charge in [0, 0.05) is 6.04 Å². The van der Waals surface area contributed by atoms with E-state index in [9.17, 15) is 4.79 Å². The quantitative estimate of drug-likeness (QED) is 0.671. The molecule has 0 aromatic heterocycles. The molecule has 13 heavy (non-hydrogen) atoms. The molecule has 0 saturated heterocycles. The standard InChI is InChI=1S/C10H19NO2/c1-9(2)8(10(9,3)4)11-6-7(12)13-5/h8,11H,6H2,1-5H3. The van der Waals surface area contributed by atoms with Crippen LogP contribution in [0.5, 0.6) is 0 Å². The Balaban J connectivity index is 2.38. The molecule has 0 heterocycles. The fourth-order valence-corrected chi connectivity index (χ4v) is 1.96. The number of hydrogen-bond donors (Lipinski definition) is 1. The zero-order valence-corrected chi connectivity index (χ0v) is 9.10. The van der Waals surface area contributed by atoms with Gasteiger partial charge in [-0.25, -0.2) is 0 Å². The van der Waals surface area contributed by atoms with Crippen molar-refractivity contribution in [2.24, 2.45) is 10.8 Å². The Labute approximate surface area is 79.8 Å². The first-order chi connectivity index (χ1) is 5.84. The highest BCUT2D eigenvalue weighted by atomic mass is 16.5. The van der Waals surface area contributed by atoms with Crippen LogP contribution in [0.2, 0.25) is 0 Å². The number of esters is 1. The van der Waals surface area contributed by atoms with Gasteiger partial charge in [0.05, 0.1) is 13.7 Å². The fourth-order valence-electron chi connectivity index (χ4n) is 1.96. The summed E-state index contributed by atoms with van der Waals surface area (Å²) in [6.45, 7) is 9.15. The van der Waals surface area contributed by atoms with Crippen LogP contribution in [0.1, 0.15) is 27.7 Å². The molecule has 0 spiro atoms. The van der Waals surface area contributed by atoms with Crippen molar-refractivity contribution >= 4 is 5.97 Å². The minimum absolute atomic E-state index is 0.196. The SMILES string of the molecule is COC(=O)CNC1C(C)(C)C1(C)C. The topological polar surface area (TPSA) is 38.3 Å². The molecule has 1 rings (SSSR count). The van der Waals surface area contributed by atoms with E-state index in [4.69, 9.17) is 0 Å². The summed E-state index contributed by atoms with van der Waals surface area (Å²) >= 11 is 0. The summed E-state index contributed by atoms with van der Waals surface area (Å²) in [5.41, 5.74) is 0.558. The summed E-state index contributed by atoms with van der Waals surface area (Å²) in [7, 11) is 1.41. The van der Waals surface area contributed by atoms with E-state index in [0.717, 1.165) is 0 Å². The lowest BCUT2D eigenvalue weighted by molar-refractivity contribution is -0.139. The van der Waals surface area contributed by atoms with Crippen molar-refractivity contribution in [3.63, 3.8) is 0 Å². The summed E-state index contributed by atoms with van der Waals surface area (Å²) in [5.74, 6) is -0.196. The summed E-state index contributed by atoms with van der Waals surface area (Å²) in [6.07, 6.45) is 0. The van der Waals surface area contributed by atoms with Crippen LogP contribution in [0, 0.1) is 10.8 Å². The average molecular weight is 185 g/mol. The normalized spacial score (nSPS) is 24.1. The maximum absolute atomic E-state index is 10.9. The largest absolute Gasteiger partial charge is 0.468 e. The van der Waals surface area contributed by atoms with E-state index in [0.29, 0.717) is 12.6 Å². The zero-order valence-electron chi connectivity index (χ0n) is 9.10. The average Bonchev–Trinajstić information content (AvgIpc) is 2.40. The van der Waals surface area contributed by atoms with Crippen molar-refractivity contribution in [3.8, 4) is 0 Å². The van der Waals surface area contributed by atoms with Crippen LogP contribution in [-0.2, 0) is 9.53 Å². The number of hydrogen-bond acceptors (Lipinski definition) is 3. The van der Waals surface area contributed by atoms with Gasteiger partial charge in [-0.2, -0.15) is 0 Å². The highest BCUT2D eigenvalue weighted by molar-refractivity contribution is 5.71. The number of nitrogens with one attached hydrogen (secondary N) is 1. The molecule has 0 aromatic rings. The second-order valence-electron chi connectivity index (χ2n) is 4.83. The second-order valence-corrected chi connectivity index (χ2v) is 4.83. The van der Waals surface area contributed by atoms with Gasteiger partial charge in [-0.1, -0.05) is 27.7 Å². The molecule has 1 saturated carbocycles. The Morgan fingerprint density at radius 2 is 1.77 bits per heavy atom. The third-order valence-corrected chi connectivity index (χ3v) is 3.70. The summed E-state index contributed by atoms with van der Waals surface area (Å²) in [5, 5.41) is 3.21. The van der Waals surface area contributed by atoms with Gasteiger partial charge in [-0.3, -0.25) is 4.79 Å². The zero-order chi connectivity index (χ0) is 10.3. The van der Waals surface area contributed by atoms with Gasteiger partial charge in [0.2, 0.25) is 0 Å². The molecular formula is C10H19NO2. The third kappa shape index (κ3) is 1.57. The number of methoxy groups -OCH3 is 1. The first-order valence-corrected chi connectivity index (χ1v) is 4.64. The molecule has 0 amide bonds. The monoisotopic (exact) mass is 185 g/mol. The number of carbonyl (C=O) groups is 1. The van der Waals surface area contributed by atoms with Crippen molar-refractivity contribution < 1.29 is 9.53 Å². The lowest BCUT2D eigenvalue weighted by Crippen LogP contribution is -2.29. The summed E-state index contributed by atoms with van der Waals surface area (Å²) in [6, 6.07) is 0.416. The molecule has 3 nitrogen and oxygen atoms in total. The third-order valence-electron chi connectivity index (χ3n) is 3.70. The molecule has 0 radical (unpaired) electrons. The Morgan fingerprint density at radius 1 is 1.31 bits per heavy atom. The Morgan fingerprint density at radius 3 is 2.08 bits per heavy atom. The highest BCUT2D eigenvalue weighted by Crippen LogP contribution is 2.62. The smallest absolute Gasteiger partial charge is 0.319 e. The van der Waals surface area contributed by atoms with Crippen molar-refractivity contribution in [2.45, 2.75) is 33.7 Å². The van der Waals surface area contributed by atoms with E-state index >= 15 is 0 Å². The molecule has 1 N–H and O–H groups in total. The van der Waals surface area contributed by atoms with E-state index in [2.05, 4.69) is 37.7 Å². The lowest BCUT2D eigenvalue weighted by Gasteiger charge is -2.03.